The first-order valence-electron chi connectivity index (χ1n) is 4.33. The van der Waals surface area contributed by atoms with Crippen LogP contribution in [0.5, 0.6) is 0 Å². The number of amides is 1. The molecular weight excluding hydrogens is 178 g/mol. The van der Waals surface area contributed by atoms with Crippen molar-refractivity contribution in [3.8, 4) is 0 Å². The highest BCUT2D eigenvalue weighted by Gasteiger charge is 2.06. The molecule has 0 aromatic carbocycles. The van der Waals surface area contributed by atoms with Gasteiger partial charge < -0.3 is 10.1 Å². The van der Waals surface area contributed by atoms with Crippen molar-refractivity contribution in [1.29, 1.82) is 0 Å². The van der Waals surface area contributed by atoms with Crippen LogP contribution in [0.15, 0.2) is 18.5 Å². The lowest BCUT2D eigenvalue weighted by atomic mass is 10.2. The van der Waals surface area contributed by atoms with E-state index in [0.29, 0.717) is 5.56 Å². The largest absolute Gasteiger partial charge is 0.366 e. The number of carbonyl (C=O) groups excluding carboxylic acids is 1. The van der Waals surface area contributed by atoms with Crippen molar-refractivity contribution in [1.82, 2.24) is 9.38 Å². The van der Waals surface area contributed by atoms with E-state index < -0.39 is 5.91 Å². The summed E-state index contributed by atoms with van der Waals surface area (Å²) in [5, 5.41) is 0. The van der Waals surface area contributed by atoms with Crippen molar-refractivity contribution in [2.75, 3.05) is 0 Å². The van der Waals surface area contributed by atoms with Crippen molar-refractivity contribution in [2.45, 2.75) is 13.8 Å². The average molecular weight is 189 g/mol. The van der Waals surface area contributed by atoms with Gasteiger partial charge in [0.25, 0.3) is 0 Å². The van der Waals surface area contributed by atoms with E-state index in [1.807, 2.05) is 24.4 Å². The summed E-state index contributed by atoms with van der Waals surface area (Å²) >= 11 is 0. The zero-order valence-corrected chi connectivity index (χ0v) is 8.11. The highest BCUT2D eigenvalue weighted by molar-refractivity contribution is 5.93. The zero-order valence-electron chi connectivity index (χ0n) is 8.11. The third-order valence-corrected chi connectivity index (χ3v) is 2.14. The van der Waals surface area contributed by atoms with Crippen molar-refractivity contribution in [2.24, 2.45) is 5.73 Å². The number of hydrogen-bond acceptors (Lipinski definition) is 2. The van der Waals surface area contributed by atoms with Crippen LogP contribution in [0.2, 0.25) is 0 Å². The first-order valence-corrected chi connectivity index (χ1v) is 4.33. The van der Waals surface area contributed by atoms with Crippen LogP contribution in [0, 0.1) is 13.8 Å². The Labute approximate surface area is 81.4 Å². The molecule has 2 aromatic rings. The normalized spacial score (nSPS) is 10.7. The summed E-state index contributed by atoms with van der Waals surface area (Å²) in [5.41, 5.74) is 8.46. The Morgan fingerprint density at radius 2 is 2.14 bits per heavy atom. The van der Waals surface area contributed by atoms with Crippen molar-refractivity contribution < 1.29 is 4.79 Å². The predicted octanol–water partition coefficient (Wildman–Crippen LogP) is 1.05. The molecule has 0 atom stereocenters. The summed E-state index contributed by atoms with van der Waals surface area (Å²) in [6.07, 6.45) is 3.57. The number of carbonyl (C=O) groups is 1. The number of imidazole rings is 1. The quantitative estimate of drug-likeness (QED) is 0.728. The van der Waals surface area contributed by atoms with Gasteiger partial charge in [0.15, 0.2) is 0 Å². The number of pyridine rings is 1. The van der Waals surface area contributed by atoms with Crippen molar-refractivity contribution in [3.63, 3.8) is 0 Å². The Morgan fingerprint density at radius 3 is 2.79 bits per heavy atom. The Morgan fingerprint density at radius 1 is 1.43 bits per heavy atom. The zero-order chi connectivity index (χ0) is 10.3. The summed E-state index contributed by atoms with van der Waals surface area (Å²) in [7, 11) is 0. The molecule has 0 bridgehead atoms. The minimum Gasteiger partial charge on any atom is -0.366 e. The van der Waals surface area contributed by atoms with Crippen molar-refractivity contribution in [3.05, 3.63) is 35.3 Å². The lowest BCUT2D eigenvalue weighted by Gasteiger charge is -2.00. The molecule has 0 saturated heterocycles. The summed E-state index contributed by atoms with van der Waals surface area (Å²) in [6, 6.07) is 1.75. The predicted molar refractivity (Wildman–Crippen MR) is 53.2 cm³/mol. The maximum absolute atomic E-state index is 11.0. The molecule has 2 N–H and O–H groups in total. The van der Waals surface area contributed by atoms with Gasteiger partial charge in [-0.25, -0.2) is 4.98 Å². The van der Waals surface area contributed by atoms with E-state index in [4.69, 9.17) is 5.73 Å². The number of hydrogen-bond donors (Lipinski definition) is 1. The van der Waals surface area contributed by atoms with E-state index in [2.05, 4.69) is 4.98 Å². The van der Waals surface area contributed by atoms with Gasteiger partial charge in [-0.2, -0.15) is 0 Å². The lowest BCUT2D eigenvalue weighted by Crippen LogP contribution is -2.12. The Balaban J connectivity index is 2.77. The molecule has 4 nitrogen and oxygen atoms in total. The molecule has 1 amide bonds. The molecular formula is C10H11N3O. The molecule has 4 heteroatoms. The van der Waals surface area contributed by atoms with Gasteiger partial charge in [0, 0.05) is 12.4 Å². The SMILES string of the molecule is Cc1cn2cc(C(N)=O)cc(C)c2n1. The number of aromatic nitrogens is 2. The number of rotatable bonds is 1. The summed E-state index contributed by atoms with van der Waals surface area (Å²) in [5.74, 6) is -0.415. The van der Waals surface area contributed by atoms with Gasteiger partial charge in [0.2, 0.25) is 5.91 Å². The molecule has 2 aromatic heterocycles. The van der Waals surface area contributed by atoms with Gasteiger partial charge >= 0.3 is 0 Å². The number of fused-ring (bicyclic) bond motifs is 1. The van der Waals surface area contributed by atoms with Gasteiger partial charge in [-0.1, -0.05) is 0 Å². The van der Waals surface area contributed by atoms with E-state index in [9.17, 15) is 4.79 Å². The molecule has 0 radical (unpaired) electrons. The second kappa shape index (κ2) is 2.83. The van der Waals surface area contributed by atoms with Gasteiger partial charge in [-0.15, -0.1) is 0 Å². The summed E-state index contributed by atoms with van der Waals surface area (Å²) in [4.78, 5) is 15.3. The number of nitrogens with zero attached hydrogens (tertiary/aromatic N) is 2. The second-order valence-electron chi connectivity index (χ2n) is 3.39. The molecule has 0 fully saturated rings. The number of aryl methyl sites for hydroxylation is 2. The van der Waals surface area contributed by atoms with Crippen LogP contribution in [-0.4, -0.2) is 15.3 Å². The Kier molecular flexibility index (Phi) is 1.77. The molecule has 0 aliphatic carbocycles. The number of primary amides is 1. The van der Waals surface area contributed by atoms with Gasteiger partial charge in [0.05, 0.1) is 11.3 Å². The monoisotopic (exact) mass is 189 g/mol. The topological polar surface area (TPSA) is 60.4 Å². The first kappa shape index (κ1) is 8.74. The fourth-order valence-corrected chi connectivity index (χ4v) is 1.53. The molecule has 72 valence electrons. The maximum atomic E-state index is 11.0. The second-order valence-corrected chi connectivity index (χ2v) is 3.39. The molecule has 14 heavy (non-hydrogen) atoms. The third kappa shape index (κ3) is 1.25. The molecule has 0 unspecified atom stereocenters. The van der Waals surface area contributed by atoms with Gasteiger partial charge in [-0.3, -0.25) is 4.79 Å². The fraction of sp³-hybridized carbons (Fsp3) is 0.200. The highest BCUT2D eigenvalue weighted by Crippen LogP contribution is 2.12. The van der Waals surface area contributed by atoms with Gasteiger partial charge in [0.1, 0.15) is 5.65 Å². The first-order chi connectivity index (χ1) is 6.58. The van der Waals surface area contributed by atoms with Crippen LogP contribution in [0.1, 0.15) is 21.6 Å². The third-order valence-electron chi connectivity index (χ3n) is 2.14. The standard InChI is InChI=1S/C10H11N3O/c1-6-3-8(9(11)14)5-13-4-7(2)12-10(6)13/h3-5H,1-2H3,(H2,11,14). The fourth-order valence-electron chi connectivity index (χ4n) is 1.53. The van der Waals surface area contributed by atoms with E-state index in [1.165, 1.54) is 0 Å². The van der Waals surface area contributed by atoms with E-state index >= 15 is 0 Å². The molecule has 0 saturated carbocycles. The van der Waals surface area contributed by atoms with E-state index in [1.54, 1.807) is 12.3 Å². The van der Waals surface area contributed by atoms with Crippen LogP contribution >= 0.6 is 0 Å². The van der Waals surface area contributed by atoms with Crippen molar-refractivity contribution >= 4 is 11.6 Å². The van der Waals surface area contributed by atoms with E-state index in [0.717, 1.165) is 16.9 Å². The smallest absolute Gasteiger partial charge is 0.250 e. The van der Waals surface area contributed by atoms with Crippen LogP contribution in [-0.2, 0) is 0 Å². The Hall–Kier alpha value is -1.84. The molecule has 2 rings (SSSR count). The summed E-state index contributed by atoms with van der Waals surface area (Å²) < 4.78 is 1.82. The molecule has 2 heterocycles. The maximum Gasteiger partial charge on any atom is 0.250 e. The van der Waals surface area contributed by atoms with Gasteiger partial charge in [-0.05, 0) is 25.5 Å². The molecule has 0 spiro atoms. The molecule has 0 aliphatic heterocycles. The minimum atomic E-state index is -0.415. The number of nitrogens with two attached hydrogens (primary N) is 1. The highest BCUT2D eigenvalue weighted by atomic mass is 16.1. The van der Waals surface area contributed by atoms with Crippen LogP contribution < -0.4 is 5.73 Å². The van der Waals surface area contributed by atoms with Crippen LogP contribution in [0.4, 0.5) is 0 Å². The Bertz CT molecular complexity index is 513. The lowest BCUT2D eigenvalue weighted by molar-refractivity contribution is 0.1000. The summed E-state index contributed by atoms with van der Waals surface area (Å²) in [6.45, 7) is 3.82. The van der Waals surface area contributed by atoms with E-state index in [-0.39, 0.29) is 0 Å². The molecule has 0 aliphatic rings. The minimum absolute atomic E-state index is 0.415. The average Bonchev–Trinajstić information content (AvgIpc) is 2.45. The van der Waals surface area contributed by atoms with Crippen LogP contribution in [0.3, 0.4) is 0 Å². The van der Waals surface area contributed by atoms with Crippen LogP contribution in [0.25, 0.3) is 5.65 Å².